The number of amides is 1. The fourth-order valence-corrected chi connectivity index (χ4v) is 5.40. The summed E-state index contributed by atoms with van der Waals surface area (Å²) in [5, 5.41) is 1.66. The topological polar surface area (TPSA) is 36.4 Å². The summed E-state index contributed by atoms with van der Waals surface area (Å²) in [5.74, 6) is 0.109. The maximum absolute atomic E-state index is 12.5. The first kappa shape index (κ1) is 16.3. The normalized spacial score (nSPS) is 15.2. The number of hydrogen-bond donors (Lipinski definition) is 0. The van der Waals surface area contributed by atoms with Gasteiger partial charge < -0.3 is 9.80 Å². The molecule has 1 saturated heterocycles. The van der Waals surface area contributed by atoms with Crippen molar-refractivity contribution in [3.8, 4) is 0 Å². The van der Waals surface area contributed by atoms with E-state index in [1.54, 1.807) is 11.3 Å². The molecule has 4 rings (SSSR count). The molecule has 1 aliphatic rings. The van der Waals surface area contributed by atoms with Gasteiger partial charge in [0.1, 0.15) is 5.52 Å². The molecule has 3 aromatic rings. The Morgan fingerprint density at radius 3 is 2.58 bits per heavy atom. The minimum absolute atomic E-state index is 0.109. The number of para-hydroxylation sites is 1. The van der Waals surface area contributed by atoms with Crippen LogP contribution < -0.4 is 4.90 Å². The molecular formula is C16H13BrClN3OS2. The quantitative estimate of drug-likeness (QED) is 0.575. The molecule has 0 radical (unpaired) electrons. The predicted octanol–water partition coefficient (Wildman–Crippen LogP) is 4.74. The molecule has 0 N–H and O–H groups in total. The highest BCUT2D eigenvalue weighted by molar-refractivity contribution is 9.11. The van der Waals surface area contributed by atoms with Crippen molar-refractivity contribution in [2.24, 2.45) is 0 Å². The Morgan fingerprint density at radius 1 is 1.12 bits per heavy atom. The largest absolute Gasteiger partial charge is 0.345 e. The van der Waals surface area contributed by atoms with Crippen molar-refractivity contribution in [3.63, 3.8) is 0 Å². The average molecular weight is 443 g/mol. The summed E-state index contributed by atoms with van der Waals surface area (Å²) in [6.07, 6.45) is 0. The summed E-state index contributed by atoms with van der Waals surface area (Å²) in [4.78, 5) is 22.1. The van der Waals surface area contributed by atoms with Crippen LogP contribution in [-0.4, -0.2) is 42.0 Å². The van der Waals surface area contributed by atoms with Crippen molar-refractivity contribution < 1.29 is 4.79 Å². The van der Waals surface area contributed by atoms with Gasteiger partial charge in [-0.3, -0.25) is 4.79 Å². The molecule has 1 aliphatic heterocycles. The van der Waals surface area contributed by atoms with Gasteiger partial charge >= 0.3 is 0 Å². The van der Waals surface area contributed by atoms with E-state index in [4.69, 9.17) is 11.6 Å². The smallest absolute Gasteiger partial charge is 0.264 e. The Hall–Kier alpha value is -1.15. The van der Waals surface area contributed by atoms with Crippen LogP contribution in [0.5, 0.6) is 0 Å². The Morgan fingerprint density at radius 2 is 1.92 bits per heavy atom. The van der Waals surface area contributed by atoms with Crippen LogP contribution in [-0.2, 0) is 0 Å². The molecule has 1 aromatic carbocycles. The van der Waals surface area contributed by atoms with E-state index >= 15 is 0 Å². The van der Waals surface area contributed by atoms with Gasteiger partial charge in [0.15, 0.2) is 5.13 Å². The first-order valence-electron chi connectivity index (χ1n) is 7.46. The standard InChI is InChI=1S/C16H13BrClN3OS2/c17-13-5-4-12(23-13)15(22)20-6-8-21(9-7-20)16-19-14-10(18)2-1-3-11(14)24-16/h1-5H,6-9H2. The second kappa shape index (κ2) is 6.63. The highest BCUT2D eigenvalue weighted by atomic mass is 79.9. The van der Waals surface area contributed by atoms with Crippen molar-refractivity contribution in [1.29, 1.82) is 0 Å². The Labute approximate surface area is 160 Å². The van der Waals surface area contributed by atoms with Crippen LogP contribution >= 0.6 is 50.2 Å². The van der Waals surface area contributed by atoms with Crippen LogP contribution in [0.2, 0.25) is 5.02 Å². The number of anilines is 1. The summed E-state index contributed by atoms with van der Waals surface area (Å²) >= 11 is 12.8. The fourth-order valence-electron chi connectivity index (χ4n) is 2.72. The number of halogens is 2. The number of thiazole rings is 1. The van der Waals surface area contributed by atoms with E-state index in [-0.39, 0.29) is 5.91 Å². The lowest BCUT2D eigenvalue weighted by Gasteiger charge is -2.34. The summed E-state index contributed by atoms with van der Waals surface area (Å²) in [5.41, 5.74) is 0.862. The van der Waals surface area contributed by atoms with E-state index in [0.717, 1.165) is 37.1 Å². The molecule has 124 valence electrons. The summed E-state index contributed by atoms with van der Waals surface area (Å²) < 4.78 is 2.08. The monoisotopic (exact) mass is 441 g/mol. The molecule has 0 unspecified atom stereocenters. The number of nitrogens with zero attached hydrogens (tertiary/aromatic N) is 3. The minimum Gasteiger partial charge on any atom is -0.345 e. The van der Waals surface area contributed by atoms with Crippen LogP contribution in [0.3, 0.4) is 0 Å². The van der Waals surface area contributed by atoms with E-state index in [9.17, 15) is 4.79 Å². The zero-order valence-electron chi connectivity index (χ0n) is 12.5. The number of piperazine rings is 1. The van der Waals surface area contributed by atoms with Gasteiger partial charge in [0, 0.05) is 26.2 Å². The first-order valence-corrected chi connectivity index (χ1v) is 10.3. The van der Waals surface area contributed by atoms with Gasteiger partial charge in [-0.15, -0.1) is 11.3 Å². The Bertz CT molecular complexity index is 902. The molecule has 1 amide bonds. The third-order valence-corrected chi connectivity index (χ3v) is 6.98. The van der Waals surface area contributed by atoms with Crippen molar-refractivity contribution in [2.45, 2.75) is 0 Å². The molecule has 0 saturated carbocycles. The maximum Gasteiger partial charge on any atom is 0.264 e. The predicted molar refractivity (Wildman–Crippen MR) is 105 cm³/mol. The second-order valence-corrected chi connectivity index (χ2v) is 9.35. The van der Waals surface area contributed by atoms with Gasteiger partial charge in [-0.05, 0) is 40.2 Å². The third-order valence-electron chi connectivity index (χ3n) is 3.98. The zero-order valence-corrected chi connectivity index (χ0v) is 16.5. The molecule has 0 bridgehead atoms. The number of hydrogen-bond acceptors (Lipinski definition) is 5. The molecule has 3 heterocycles. The van der Waals surface area contributed by atoms with E-state index in [2.05, 4.69) is 25.8 Å². The average Bonchev–Trinajstić information content (AvgIpc) is 3.21. The van der Waals surface area contributed by atoms with Crippen molar-refractivity contribution >= 4 is 71.5 Å². The number of thiophene rings is 1. The Balaban J connectivity index is 1.47. The fraction of sp³-hybridized carbons (Fsp3) is 0.250. The minimum atomic E-state index is 0.109. The summed E-state index contributed by atoms with van der Waals surface area (Å²) in [6, 6.07) is 9.64. The van der Waals surface area contributed by atoms with Crippen LogP contribution in [0.4, 0.5) is 5.13 Å². The van der Waals surface area contributed by atoms with E-state index < -0.39 is 0 Å². The number of rotatable bonds is 2. The highest BCUT2D eigenvalue weighted by Gasteiger charge is 2.24. The molecule has 0 atom stereocenters. The van der Waals surface area contributed by atoms with Crippen LogP contribution in [0, 0.1) is 0 Å². The van der Waals surface area contributed by atoms with Gasteiger partial charge in [0.2, 0.25) is 0 Å². The molecule has 1 fully saturated rings. The lowest BCUT2D eigenvalue weighted by molar-refractivity contribution is 0.0751. The number of carbonyl (C=O) groups excluding carboxylic acids is 1. The zero-order chi connectivity index (χ0) is 16.7. The number of carbonyl (C=O) groups is 1. The van der Waals surface area contributed by atoms with Gasteiger partial charge in [0.25, 0.3) is 5.91 Å². The van der Waals surface area contributed by atoms with Gasteiger partial charge in [0.05, 0.1) is 18.4 Å². The number of benzene rings is 1. The number of aromatic nitrogens is 1. The van der Waals surface area contributed by atoms with Crippen molar-refractivity contribution in [2.75, 3.05) is 31.1 Å². The molecule has 24 heavy (non-hydrogen) atoms. The third kappa shape index (κ3) is 3.06. The first-order chi connectivity index (χ1) is 11.6. The Kier molecular flexibility index (Phi) is 4.51. The van der Waals surface area contributed by atoms with Crippen molar-refractivity contribution in [1.82, 2.24) is 9.88 Å². The van der Waals surface area contributed by atoms with Crippen LogP contribution in [0.15, 0.2) is 34.1 Å². The lowest BCUT2D eigenvalue weighted by atomic mass is 10.3. The lowest BCUT2D eigenvalue weighted by Crippen LogP contribution is -2.48. The molecule has 2 aromatic heterocycles. The molecule has 0 aliphatic carbocycles. The number of fused-ring (bicyclic) bond motifs is 1. The molecular weight excluding hydrogens is 430 g/mol. The summed E-state index contributed by atoms with van der Waals surface area (Å²) in [6.45, 7) is 2.99. The van der Waals surface area contributed by atoms with E-state index in [0.29, 0.717) is 18.1 Å². The highest BCUT2D eigenvalue weighted by Crippen LogP contribution is 2.33. The van der Waals surface area contributed by atoms with Crippen molar-refractivity contribution in [3.05, 3.63) is 44.0 Å². The maximum atomic E-state index is 12.5. The molecule has 4 nitrogen and oxygen atoms in total. The SMILES string of the molecule is O=C(c1ccc(Br)s1)N1CCN(c2nc3c(Cl)cccc3s2)CC1. The van der Waals surface area contributed by atoms with E-state index in [1.165, 1.54) is 11.3 Å². The molecule has 8 heteroatoms. The van der Waals surface area contributed by atoms with Gasteiger partial charge in [-0.2, -0.15) is 0 Å². The van der Waals surface area contributed by atoms with Gasteiger partial charge in [-0.1, -0.05) is 29.0 Å². The van der Waals surface area contributed by atoms with Gasteiger partial charge in [-0.25, -0.2) is 4.98 Å². The van der Waals surface area contributed by atoms with Crippen LogP contribution in [0.1, 0.15) is 9.67 Å². The second-order valence-electron chi connectivity index (χ2n) is 5.47. The van der Waals surface area contributed by atoms with E-state index in [1.807, 2.05) is 35.2 Å². The van der Waals surface area contributed by atoms with Crippen LogP contribution in [0.25, 0.3) is 10.2 Å². The molecule has 0 spiro atoms. The summed E-state index contributed by atoms with van der Waals surface area (Å²) in [7, 11) is 0.